The van der Waals surface area contributed by atoms with Crippen LogP contribution >= 0.6 is 0 Å². The van der Waals surface area contributed by atoms with Crippen molar-refractivity contribution in [1.82, 2.24) is 4.90 Å². The normalized spacial score (nSPS) is 17.2. The summed E-state index contributed by atoms with van der Waals surface area (Å²) in [5.74, 6) is -2.40. The first-order valence-corrected chi connectivity index (χ1v) is 10.8. The van der Waals surface area contributed by atoms with E-state index in [0.717, 1.165) is 23.1 Å². The van der Waals surface area contributed by atoms with Crippen LogP contribution in [0.2, 0.25) is 0 Å². The van der Waals surface area contributed by atoms with E-state index in [9.17, 15) is 38.0 Å². The van der Waals surface area contributed by atoms with Gasteiger partial charge in [0.05, 0.1) is 29.2 Å². The number of methoxy groups -OCH3 is 1. The van der Waals surface area contributed by atoms with Gasteiger partial charge in [-0.15, -0.1) is 0 Å². The third kappa shape index (κ3) is 5.01. The molecule has 1 amide bonds. The molecule has 0 bridgehead atoms. The number of likely N-dealkylation sites (tertiary alicyclic amines) is 1. The summed E-state index contributed by atoms with van der Waals surface area (Å²) in [5, 5.41) is 22.3. The predicted molar refractivity (Wildman–Crippen MR) is 125 cm³/mol. The van der Waals surface area contributed by atoms with E-state index in [2.05, 4.69) is 0 Å². The molecule has 1 fully saturated rings. The lowest BCUT2D eigenvalue weighted by molar-refractivity contribution is -0.384. The number of nitro groups is 1. The van der Waals surface area contributed by atoms with Crippen molar-refractivity contribution in [2.45, 2.75) is 18.8 Å². The van der Waals surface area contributed by atoms with Crippen molar-refractivity contribution in [3.63, 3.8) is 0 Å². The zero-order valence-electron chi connectivity index (χ0n) is 19.2. The van der Waals surface area contributed by atoms with Gasteiger partial charge in [-0.25, -0.2) is 0 Å². The SMILES string of the molecule is COc1cccc(C2/C(=C(/O)c3cccc([N+](=O)[O-])c3)C(=O)C(=O)N2Cc2cccc(C(F)(F)F)c2)c1. The fraction of sp³-hybridized carbons (Fsp3) is 0.154. The first kappa shape index (κ1) is 25.4. The van der Waals surface area contributed by atoms with Crippen LogP contribution in [-0.4, -0.2) is 33.7 Å². The number of benzene rings is 3. The molecule has 1 atom stereocenters. The number of nitro benzene ring substituents is 1. The molecule has 0 radical (unpaired) electrons. The third-order valence-electron chi connectivity index (χ3n) is 5.89. The molecule has 8 nitrogen and oxygen atoms in total. The number of Topliss-reactive ketones (excluding diaryl/α,β-unsaturated/α-hetero) is 1. The summed E-state index contributed by atoms with van der Waals surface area (Å²) in [7, 11) is 1.40. The largest absolute Gasteiger partial charge is 0.507 e. The van der Waals surface area contributed by atoms with E-state index < -0.39 is 40.2 Å². The van der Waals surface area contributed by atoms with Gasteiger partial charge in [0.2, 0.25) is 0 Å². The van der Waals surface area contributed by atoms with Crippen molar-refractivity contribution >= 4 is 23.1 Å². The molecule has 1 aliphatic rings. The van der Waals surface area contributed by atoms with Gasteiger partial charge in [-0.2, -0.15) is 13.2 Å². The topological polar surface area (TPSA) is 110 Å². The Balaban J connectivity index is 1.87. The zero-order valence-corrected chi connectivity index (χ0v) is 19.2. The van der Waals surface area contributed by atoms with Gasteiger partial charge in [-0.05, 0) is 35.4 Å². The van der Waals surface area contributed by atoms with E-state index in [1.54, 1.807) is 18.2 Å². The van der Waals surface area contributed by atoms with Crippen LogP contribution in [0.1, 0.15) is 28.3 Å². The smallest absolute Gasteiger partial charge is 0.416 e. The van der Waals surface area contributed by atoms with Crippen molar-refractivity contribution in [3.8, 4) is 5.75 Å². The summed E-state index contributed by atoms with van der Waals surface area (Å²) in [6.45, 7) is -0.373. The van der Waals surface area contributed by atoms with Crippen LogP contribution in [0, 0.1) is 10.1 Å². The molecule has 37 heavy (non-hydrogen) atoms. The van der Waals surface area contributed by atoms with E-state index in [0.29, 0.717) is 11.3 Å². The number of hydrogen-bond donors (Lipinski definition) is 1. The molecule has 4 rings (SSSR count). The van der Waals surface area contributed by atoms with Crippen LogP contribution in [0.3, 0.4) is 0 Å². The predicted octanol–water partition coefficient (Wildman–Crippen LogP) is 5.24. The molecule has 0 aliphatic carbocycles. The van der Waals surface area contributed by atoms with Gasteiger partial charge >= 0.3 is 6.18 Å². The number of halogens is 3. The monoisotopic (exact) mass is 512 g/mol. The molecule has 1 N–H and O–H groups in total. The lowest BCUT2D eigenvalue weighted by Gasteiger charge is -2.26. The van der Waals surface area contributed by atoms with Crippen LogP contribution in [-0.2, 0) is 22.3 Å². The number of ether oxygens (including phenoxy) is 1. The van der Waals surface area contributed by atoms with E-state index >= 15 is 0 Å². The minimum atomic E-state index is -4.61. The van der Waals surface area contributed by atoms with Gasteiger partial charge in [0.25, 0.3) is 17.4 Å². The average molecular weight is 512 g/mol. The number of rotatable bonds is 6. The summed E-state index contributed by atoms with van der Waals surface area (Å²) in [4.78, 5) is 37.9. The minimum Gasteiger partial charge on any atom is -0.507 e. The van der Waals surface area contributed by atoms with E-state index in [-0.39, 0.29) is 28.9 Å². The summed E-state index contributed by atoms with van der Waals surface area (Å²) in [6, 6.07) is 14.3. The van der Waals surface area contributed by atoms with Crippen LogP contribution < -0.4 is 4.74 Å². The number of non-ortho nitro benzene ring substituents is 1. The second-order valence-corrected chi connectivity index (χ2v) is 8.21. The first-order valence-electron chi connectivity index (χ1n) is 10.8. The molecule has 1 aliphatic heterocycles. The van der Waals surface area contributed by atoms with Gasteiger partial charge in [0.1, 0.15) is 11.5 Å². The number of carbonyl (C=O) groups is 2. The maximum Gasteiger partial charge on any atom is 0.416 e. The highest BCUT2D eigenvalue weighted by molar-refractivity contribution is 6.46. The summed E-state index contributed by atoms with van der Waals surface area (Å²) < 4.78 is 45.0. The lowest BCUT2D eigenvalue weighted by atomic mass is 9.94. The van der Waals surface area contributed by atoms with Gasteiger partial charge in [-0.1, -0.05) is 36.4 Å². The van der Waals surface area contributed by atoms with Crippen LogP contribution in [0.4, 0.5) is 18.9 Å². The highest BCUT2D eigenvalue weighted by Crippen LogP contribution is 2.41. The standard InChI is InChI=1S/C26H19F3N2O6/c1-37-20-10-4-6-16(13-20)22-21(23(32)17-7-3-9-19(12-17)31(35)36)24(33)25(34)30(22)14-15-5-2-8-18(11-15)26(27,28)29/h2-13,22,32H,14H2,1H3/b23-21-. The number of aliphatic hydroxyl groups excluding tert-OH is 1. The zero-order chi connectivity index (χ0) is 26.9. The Morgan fingerprint density at radius 1 is 1.05 bits per heavy atom. The number of aliphatic hydroxyl groups is 1. The fourth-order valence-corrected chi connectivity index (χ4v) is 4.17. The van der Waals surface area contributed by atoms with Gasteiger partial charge < -0.3 is 14.7 Å². The number of amides is 1. The van der Waals surface area contributed by atoms with Crippen LogP contribution in [0.15, 0.2) is 78.4 Å². The molecular formula is C26H19F3N2O6. The Kier molecular flexibility index (Phi) is 6.71. The first-order chi connectivity index (χ1) is 17.5. The summed E-state index contributed by atoms with van der Waals surface area (Å²) in [6.07, 6.45) is -4.61. The molecule has 11 heteroatoms. The molecule has 0 aromatic heterocycles. The second kappa shape index (κ2) is 9.76. The highest BCUT2D eigenvalue weighted by atomic mass is 19.4. The molecule has 3 aromatic rings. The number of hydrogen-bond acceptors (Lipinski definition) is 6. The Bertz CT molecular complexity index is 1430. The Morgan fingerprint density at radius 3 is 2.43 bits per heavy atom. The molecular weight excluding hydrogens is 493 g/mol. The van der Waals surface area contributed by atoms with Crippen molar-refractivity contribution in [1.29, 1.82) is 0 Å². The van der Waals surface area contributed by atoms with Crippen molar-refractivity contribution in [3.05, 3.63) is 111 Å². The Labute approximate surface area is 208 Å². The van der Waals surface area contributed by atoms with Crippen molar-refractivity contribution < 1.29 is 37.5 Å². The molecule has 190 valence electrons. The van der Waals surface area contributed by atoms with Gasteiger partial charge in [0.15, 0.2) is 0 Å². The summed E-state index contributed by atoms with van der Waals surface area (Å²) >= 11 is 0. The number of nitrogens with zero attached hydrogens (tertiary/aromatic N) is 2. The summed E-state index contributed by atoms with van der Waals surface area (Å²) in [5.41, 5.74) is -1.24. The maximum atomic E-state index is 13.3. The Hall–Kier alpha value is -4.67. The Morgan fingerprint density at radius 2 is 1.76 bits per heavy atom. The average Bonchev–Trinajstić information content (AvgIpc) is 3.13. The van der Waals surface area contributed by atoms with Crippen LogP contribution in [0.25, 0.3) is 5.76 Å². The quantitative estimate of drug-likeness (QED) is 0.159. The van der Waals surface area contributed by atoms with Crippen molar-refractivity contribution in [2.75, 3.05) is 7.11 Å². The minimum absolute atomic E-state index is 0.0702. The van der Waals surface area contributed by atoms with Gasteiger partial charge in [0, 0.05) is 24.2 Å². The van der Waals surface area contributed by atoms with E-state index in [1.165, 1.54) is 43.5 Å². The van der Waals surface area contributed by atoms with E-state index in [1.807, 2.05) is 0 Å². The molecule has 1 saturated heterocycles. The van der Waals surface area contributed by atoms with Crippen molar-refractivity contribution in [2.24, 2.45) is 0 Å². The maximum absolute atomic E-state index is 13.3. The molecule has 0 spiro atoms. The van der Waals surface area contributed by atoms with E-state index in [4.69, 9.17) is 4.74 Å². The molecule has 0 saturated carbocycles. The molecule has 3 aromatic carbocycles. The number of ketones is 1. The lowest BCUT2D eigenvalue weighted by Crippen LogP contribution is -2.29. The molecule has 1 heterocycles. The molecule has 1 unspecified atom stereocenters. The van der Waals surface area contributed by atoms with Crippen LogP contribution in [0.5, 0.6) is 5.75 Å². The second-order valence-electron chi connectivity index (χ2n) is 8.21. The number of alkyl halides is 3. The van der Waals surface area contributed by atoms with Gasteiger partial charge in [-0.3, -0.25) is 19.7 Å². The highest BCUT2D eigenvalue weighted by Gasteiger charge is 2.46. The third-order valence-corrected chi connectivity index (χ3v) is 5.89. The fourth-order valence-electron chi connectivity index (χ4n) is 4.17. The number of carbonyl (C=O) groups excluding carboxylic acids is 2.